The molecular weight excluding hydrogens is 336 g/mol. The van der Waals surface area contributed by atoms with Gasteiger partial charge in [-0.05, 0) is 42.5 Å². The second-order valence-corrected chi connectivity index (χ2v) is 5.11. The molecule has 1 heterocycles. The van der Waals surface area contributed by atoms with Gasteiger partial charge in [-0.2, -0.15) is 10.2 Å². The Morgan fingerprint density at radius 1 is 1.19 bits per heavy atom. The summed E-state index contributed by atoms with van der Waals surface area (Å²) in [5, 5.41) is 22.5. The van der Waals surface area contributed by atoms with Crippen molar-refractivity contribution in [3.63, 3.8) is 0 Å². The van der Waals surface area contributed by atoms with E-state index in [2.05, 4.69) is 15.3 Å². The lowest BCUT2D eigenvalue weighted by atomic mass is 10.2. The van der Waals surface area contributed by atoms with Gasteiger partial charge in [0.1, 0.15) is 17.7 Å². The van der Waals surface area contributed by atoms with Gasteiger partial charge in [0, 0.05) is 5.69 Å². The molecule has 0 aliphatic rings. The number of nitro groups is 1. The Labute approximate surface area is 147 Å². The highest BCUT2D eigenvalue weighted by Gasteiger charge is 2.14. The molecule has 26 heavy (non-hydrogen) atoms. The van der Waals surface area contributed by atoms with Gasteiger partial charge in [0.25, 0.3) is 0 Å². The molecule has 0 aliphatic carbocycles. The molecule has 1 aromatic heterocycles. The number of nitriles is 1. The highest BCUT2D eigenvalue weighted by atomic mass is 16.6. The fourth-order valence-electron chi connectivity index (χ4n) is 2.09. The molecule has 128 valence electrons. The lowest BCUT2D eigenvalue weighted by Gasteiger charge is -2.08. The zero-order valence-electron chi connectivity index (χ0n) is 13.3. The topological polar surface area (TPSA) is 140 Å². The molecule has 3 aromatic rings. The Kier molecular flexibility index (Phi) is 4.58. The number of hydrogen-bond acceptors (Lipinski definition) is 8. The molecule has 0 amide bonds. The maximum atomic E-state index is 10.7. The van der Waals surface area contributed by atoms with Crippen LogP contribution in [-0.4, -0.2) is 14.9 Å². The first-order valence-electron chi connectivity index (χ1n) is 7.37. The molecule has 0 bridgehead atoms. The predicted octanol–water partition coefficient (Wildman–Crippen LogP) is 3.37. The van der Waals surface area contributed by atoms with Crippen molar-refractivity contribution in [1.82, 2.24) is 9.97 Å². The SMILES string of the molecule is N#Cc1cccc(Oc2ccc(Nc3ncc([N+](=O)[O-])c(N)n3)cc2)c1. The van der Waals surface area contributed by atoms with Gasteiger partial charge in [0.05, 0.1) is 16.6 Å². The molecule has 3 rings (SSSR count). The maximum absolute atomic E-state index is 10.7. The second kappa shape index (κ2) is 7.14. The fraction of sp³-hybridized carbons (Fsp3) is 0. The number of benzene rings is 2. The molecule has 0 saturated carbocycles. The lowest BCUT2D eigenvalue weighted by molar-refractivity contribution is -0.384. The number of ether oxygens (including phenoxy) is 1. The largest absolute Gasteiger partial charge is 0.457 e. The number of anilines is 3. The molecular formula is C17H12N6O3. The van der Waals surface area contributed by atoms with E-state index in [1.165, 1.54) is 0 Å². The van der Waals surface area contributed by atoms with Crippen LogP contribution in [0.25, 0.3) is 0 Å². The average Bonchev–Trinajstić information content (AvgIpc) is 2.63. The van der Waals surface area contributed by atoms with Crippen LogP contribution in [-0.2, 0) is 0 Å². The van der Waals surface area contributed by atoms with Gasteiger partial charge in [0.2, 0.25) is 11.8 Å². The van der Waals surface area contributed by atoms with Crippen LogP contribution in [0.2, 0.25) is 0 Å². The zero-order chi connectivity index (χ0) is 18.5. The molecule has 3 N–H and O–H groups in total. The van der Waals surface area contributed by atoms with Crippen molar-refractivity contribution in [3.8, 4) is 17.6 Å². The van der Waals surface area contributed by atoms with E-state index in [-0.39, 0.29) is 17.5 Å². The van der Waals surface area contributed by atoms with Crippen molar-refractivity contribution in [1.29, 1.82) is 5.26 Å². The van der Waals surface area contributed by atoms with Crippen LogP contribution in [0.3, 0.4) is 0 Å². The van der Waals surface area contributed by atoms with Gasteiger partial charge in [-0.1, -0.05) is 6.07 Å². The fourth-order valence-corrected chi connectivity index (χ4v) is 2.09. The first kappa shape index (κ1) is 16.7. The van der Waals surface area contributed by atoms with Gasteiger partial charge in [-0.3, -0.25) is 10.1 Å². The minimum absolute atomic E-state index is 0.142. The molecule has 2 aromatic carbocycles. The Bertz CT molecular complexity index is 998. The number of nitrogens with two attached hydrogens (primary N) is 1. The molecule has 0 aliphatic heterocycles. The number of aromatic nitrogens is 2. The summed E-state index contributed by atoms with van der Waals surface area (Å²) in [6.07, 6.45) is 1.05. The Morgan fingerprint density at radius 3 is 2.62 bits per heavy atom. The molecule has 9 nitrogen and oxygen atoms in total. The summed E-state index contributed by atoms with van der Waals surface area (Å²) in [5.74, 6) is 1.05. The van der Waals surface area contributed by atoms with E-state index in [9.17, 15) is 10.1 Å². The number of rotatable bonds is 5. The van der Waals surface area contributed by atoms with Gasteiger partial charge in [-0.25, -0.2) is 4.98 Å². The van der Waals surface area contributed by atoms with Gasteiger partial charge >= 0.3 is 5.69 Å². The third kappa shape index (κ3) is 3.82. The minimum Gasteiger partial charge on any atom is -0.457 e. The summed E-state index contributed by atoms with van der Waals surface area (Å²) in [5.41, 5.74) is 6.34. The summed E-state index contributed by atoms with van der Waals surface area (Å²) in [6.45, 7) is 0. The normalized spacial score (nSPS) is 9.96. The van der Waals surface area contributed by atoms with Crippen LogP contribution in [0, 0.1) is 21.4 Å². The van der Waals surface area contributed by atoms with Crippen molar-refractivity contribution in [2.24, 2.45) is 0 Å². The van der Waals surface area contributed by atoms with E-state index in [4.69, 9.17) is 15.7 Å². The molecule has 0 saturated heterocycles. The van der Waals surface area contributed by atoms with Crippen LogP contribution in [0.1, 0.15) is 5.56 Å². The molecule has 0 atom stereocenters. The summed E-state index contributed by atoms with van der Waals surface area (Å²) < 4.78 is 5.68. The lowest BCUT2D eigenvalue weighted by Crippen LogP contribution is -2.03. The number of nitrogen functional groups attached to an aromatic ring is 1. The molecule has 0 fully saturated rings. The van der Waals surface area contributed by atoms with Crippen molar-refractivity contribution in [2.75, 3.05) is 11.1 Å². The highest BCUT2D eigenvalue weighted by molar-refractivity contribution is 5.59. The monoisotopic (exact) mass is 348 g/mol. The quantitative estimate of drug-likeness (QED) is 0.528. The van der Waals surface area contributed by atoms with Crippen molar-refractivity contribution >= 4 is 23.1 Å². The third-order valence-corrected chi connectivity index (χ3v) is 3.30. The smallest absolute Gasteiger partial charge is 0.329 e. The zero-order valence-corrected chi connectivity index (χ0v) is 13.3. The Hall–Kier alpha value is -4.19. The van der Waals surface area contributed by atoms with E-state index in [0.717, 1.165) is 6.20 Å². The van der Waals surface area contributed by atoms with Gasteiger partial charge in [-0.15, -0.1) is 0 Å². The summed E-state index contributed by atoms with van der Waals surface area (Å²) in [6, 6.07) is 15.8. The first-order chi connectivity index (χ1) is 12.5. The Morgan fingerprint density at radius 2 is 1.96 bits per heavy atom. The van der Waals surface area contributed by atoms with Crippen molar-refractivity contribution in [2.45, 2.75) is 0 Å². The number of hydrogen-bond donors (Lipinski definition) is 2. The third-order valence-electron chi connectivity index (χ3n) is 3.30. The summed E-state index contributed by atoms with van der Waals surface area (Å²) in [4.78, 5) is 17.8. The van der Waals surface area contributed by atoms with Crippen LogP contribution in [0.5, 0.6) is 11.5 Å². The predicted molar refractivity (Wildman–Crippen MR) is 94.1 cm³/mol. The average molecular weight is 348 g/mol. The van der Waals surface area contributed by atoms with E-state index in [1.54, 1.807) is 48.5 Å². The standard InChI is InChI=1S/C17H12N6O3/c18-9-11-2-1-3-14(8-11)26-13-6-4-12(5-7-13)21-17-20-10-15(23(24)25)16(19)22-17/h1-8,10H,(H3,19,20,21,22). The van der Waals surface area contributed by atoms with Crippen molar-refractivity contribution in [3.05, 3.63) is 70.4 Å². The van der Waals surface area contributed by atoms with Crippen molar-refractivity contribution < 1.29 is 9.66 Å². The second-order valence-electron chi connectivity index (χ2n) is 5.11. The molecule has 0 spiro atoms. The summed E-state index contributed by atoms with van der Waals surface area (Å²) >= 11 is 0. The summed E-state index contributed by atoms with van der Waals surface area (Å²) in [7, 11) is 0. The van der Waals surface area contributed by atoms with Crippen LogP contribution in [0.4, 0.5) is 23.1 Å². The molecule has 0 radical (unpaired) electrons. The maximum Gasteiger partial charge on any atom is 0.329 e. The van der Waals surface area contributed by atoms with Gasteiger partial charge in [0.15, 0.2) is 0 Å². The van der Waals surface area contributed by atoms with E-state index < -0.39 is 4.92 Å². The van der Waals surface area contributed by atoms with Crippen LogP contribution in [0.15, 0.2) is 54.7 Å². The first-order valence-corrected chi connectivity index (χ1v) is 7.37. The van der Waals surface area contributed by atoms with Gasteiger partial charge < -0.3 is 15.8 Å². The minimum atomic E-state index is -0.646. The molecule has 9 heteroatoms. The van der Waals surface area contributed by atoms with E-state index >= 15 is 0 Å². The van der Waals surface area contributed by atoms with Crippen LogP contribution < -0.4 is 15.8 Å². The van der Waals surface area contributed by atoms with Crippen LogP contribution >= 0.6 is 0 Å². The van der Waals surface area contributed by atoms with E-state index in [1.807, 2.05) is 6.07 Å². The van der Waals surface area contributed by atoms with E-state index in [0.29, 0.717) is 22.7 Å². The Balaban J connectivity index is 1.70. The highest BCUT2D eigenvalue weighted by Crippen LogP contribution is 2.25. The number of nitrogens with one attached hydrogen (secondary N) is 1. The number of nitrogens with zero attached hydrogens (tertiary/aromatic N) is 4. The molecule has 0 unspecified atom stereocenters.